The van der Waals surface area contributed by atoms with Crippen LogP contribution in [0.3, 0.4) is 0 Å². The quantitative estimate of drug-likeness (QED) is 0.646. The van der Waals surface area contributed by atoms with E-state index in [9.17, 15) is 4.79 Å². The first kappa shape index (κ1) is 13.5. The van der Waals surface area contributed by atoms with Crippen molar-refractivity contribution in [1.29, 1.82) is 0 Å². The van der Waals surface area contributed by atoms with Crippen LogP contribution in [0.1, 0.15) is 25.5 Å². The molecule has 0 radical (unpaired) electrons. The van der Waals surface area contributed by atoms with Crippen molar-refractivity contribution in [1.82, 2.24) is 15.1 Å². The van der Waals surface area contributed by atoms with E-state index < -0.39 is 0 Å². The van der Waals surface area contributed by atoms with Crippen LogP contribution in [0.2, 0.25) is 0 Å². The molecule has 96 valence electrons. The summed E-state index contributed by atoms with van der Waals surface area (Å²) in [6.07, 6.45) is 2.49. The fraction of sp³-hybridized carbons (Fsp3) is 0.636. The zero-order valence-corrected chi connectivity index (χ0v) is 10.4. The molecule has 0 atom stereocenters. The number of anilines is 1. The Balaban J connectivity index is 2.47. The summed E-state index contributed by atoms with van der Waals surface area (Å²) in [4.78, 5) is 11.5. The molecule has 0 saturated carbocycles. The van der Waals surface area contributed by atoms with Gasteiger partial charge < -0.3 is 10.4 Å². The molecule has 17 heavy (non-hydrogen) atoms. The van der Waals surface area contributed by atoms with Gasteiger partial charge in [-0.25, -0.2) is 4.79 Å². The lowest BCUT2D eigenvalue weighted by Gasteiger charge is -2.06. The average Bonchev–Trinajstić information content (AvgIpc) is 2.60. The van der Waals surface area contributed by atoms with Crippen molar-refractivity contribution in [3.63, 3.8) is 0 Å². The SMILES string of the molecule is CCCc1cc(NC(=O)NCCCO)n(C)n1. The van der Waals surface area contributed by atoms with E-state index in [4.69, 9.17) is 5.11 Å². The van der Waals surface area contributed by atoms with Crippen molar-refractivity contribution >= 4 is 11.8 Å². The lowest BCUT2D eigenvalue weighted by molar-refractivity contribution is 0.248. The predicted molar refractivity (Wildman–Crippen MR) is 65.9 cm³/mol. The van der Waals surface area contributed by atoms with Crippen molar-refractivity contribution in [2.45, 2.75) is 26.2 Å². The molecule has 0 bridgehead atoms. The number of nitrogens with one attached hydrogen (secondary N) is 2. The highest BCUT2D eigenvalue weighted by atomic mass is 16.3. The largest absolute Gasteiger partial charge is 0.396 e. The summed E-state index contributed by atoms with van der Waals surface area (Å²) >= 11 is 0. The van der Waals surface area contributed by atoms with Gasteiger partial charge >= 0.3 is 6.03 Å². The molecule has 1 aromatic rings. The summed E-state index contributed by atoms with van der Waals surface area (Å²) in [5.74, 6) is 0.676. The molecule has 1 heterocycles. The third-order valence-electron chi connectivity index (χ3n) is 2.30. The highest BCUT2D eigenvalue weighted by molar-refractivity contribution is 5.88. The normalized spacial score (nSPS) is 10.3. The summed E-state index contributed by atoms with van der Waals surface area (Å²) in [5, 5.41) is 18.2. The van der Waals surface area contributed by atoms with Gasteiger partial charge in [0.25, 0.3) is 0 Å². The summed E-state index contributed by atoms with van der Waals surface area (Å²) in [5.41, 5.74) is 0.973. The Morgan fingerprint density at radius 1 is 1.59 bits per heavy atom. The van der Waals surface area contributed by atoms with Gasteiger partial charge in [0, 0.05) is 26.3 Å². The van der Waals surface area contributed by atoms with Crippen LogP contribution in [-0.4, -0.2) is 34.1 Å². The summed E-state index contributed by atoms with van der Waals surface area (Å²) in [6, 6.07) is 1.60. The monoisotopic (exact) mass is 240 g/mol. The van der Waals surface area contributed by atoms with Gasteiger partial charge in [0.15, 0.2) is 0 Å². The van der Waals surface area contributed by atoms with Crippen LogP contribution in [0.4, 0.5) is 10.6 Å². The van der Waals surface area contributed by atoms with E-state index in [-0.39, 0.29) is 12.6 Å². The molecule has 3 N–H and O–H groups in total. The Kier molecular flexibility index (Phi) is 5.48. The maximum atomic E-state index is 11.5. The Labute approximate surface area is 101 Å². The Bertz CT molecular complexity index is 362. The van der Waals surface area contributed by atoms with Gasteiger partial charge in [0.2, 0.25) is 0 Å². The molecule has 0 aliphatic rings. The molecule has 0 unspecified atom stereocenters. The third kappa shape index (κ3) is 4.44. The first-order valence-electron chi connectivity index (χ1n) is 5.86. The number of rotatable bonds is 6. The van der Waals surface area contributed by atoms with Crippen LogP contribution in [-0.2, 0) is 13.5 Å². The van der Waals surface area contributed by atoms with Crippen molar-refractivity contribution in [2.75, 3.05) is 18.5 Å². The molecule has 0 fully saturated rings. The zero-order valence-electron chi connectivity index (χ0n) is 10.4. The van der Waals surface area contributed by atoms with E-state index in [1.807, 2.05) is 6.07 Å². The summed E-state index contributed by atoms with van der Waals surface area (Å²) in [7, 11) is 1.79. The smallest absolute Gasteiger partial charge is 0.320 e. The van der Waals surface area contributed by atoms with Crippen LogP contribution < -0.4 is 10.6 Å². The number of nitrogens with zero attached hydrogens (tertiary/aromatic N) is 2. The Morgan fingerprint density at radius 3 is 3.00 bits per heavy atom. The highest BCUT2D eigenvalue weighted by Gasteiger charge is 2.07. The standard InChI is InChI=1S/C11H20N4O2/c1-3-5-9-8-10(15(2)14-9)13-11(17)12-6-4-7-16/h8,16H,3-7H2,1-2H3,(H2,12,13,17). The van der Waals surface area contributed by atoms with Crippen molar-refractivity contribution in [3.05, 3.63) is 11.8 Å². The number of carbonyl (C=O) groups is 1. The number of aliphatic hydroxyl groups is 1. The van der Waals surface area contributed by atoms with Crippen LogP contribution in [0.25, 0.3) is 0 Å². The summed E-state index contributed by atoms with van der Waals surface area (Å²) in [6.45, 7) is 2.62. The highest BCUT2D eigenvalue weighted by Crippen LogP contribution is 2.10. The molecule has 0 aliphatic carbocycles. The van der Waals surface area contributed by atoms with Crippen molar-refractivity contribution < 1.29 is 9.90 Å². The van der Waals surface area contributed by atoms with Gasteiger partial charge in [-0.2, -0.15) is 5.10 Å². The van der Waals surface area contributed by atoms with Gasteiger partial charge in [-0.15, -0.1) is 0 Å². The molecule has 0 spiro atoms. The number of aryl methyl sites for hydroxylation is 2. The molecule has 6 nitrogen and oxygen atoms in total. The zero-order chi connectivity index (χ0) is 12.7. The minimum absolute atomic E-state index is 0.0760. The van der Waals surface area contributed by atoms with Gasteiger partial charge in [-0.3, -0.25) is 10.00 Å². The average molecular weight is 240 g/mol. The second kappa shape index (κ2) is 6.90. The third-order valence-corrected chi connectivity index (χ3v) is 2.30. The number of aliphatic hydroxyl groups excluding tert-OH is 1. The van der Waals surface area contributed by atoms with Gasteiger partial charge in [-0.1, -0.05) is 13.3 Å². The molecular weight excluding hydrogens is 220 g/mol. The number of urea groups is 1. The lowest BCUT2D eigenvalue weighted by atomic mass is 10.2. The topological polar surface area (TPSA) is 79.2 Å². The lowest BCUT2D eigenvalue weighted by Crippen LogP contribution is -2.30. The van der Waals surface area contributed by atoms with E-state index in [1.54, 1.807) is 11.7 Å². The maximum absolute atomic E-state index is 11.5. The molecule has 1 rings (SSSR count). The van der Waals surface area contributed by atoms with Gasteiger partial charge in [0.1, 0.15) is 5.82 Å². The van der Waals surface area contributed by atoms with E-state index in [2.05, 4.69) is 22.7 Å². The second-order valence-corrected chi connectivity index (χ2v) is 3.85. The van der Waals surface area contributed by atoms with E-state index in [1.165, 1.54) is 0 Å². The first-order chi connectivity index (χ1) is 8.17. The molecule has 1 aromatic heterocycles. The summed E-state index contributed by atoms with van der Waals surface area (Å²) < 4.78 is 1.65. The van der Waals surface area contributed by atoms with Crippen LogP contribution >= 0.6 is 0 Å². The van der Waals surface area contributed by atoms with Crippen molar-refractivity contribution in [2.24, 2.45) is 7.05 Å². The van der Waals surface area contributed by atoms with Crippen LogP contribution in [0.5, 0.6) is 0 Å². The Hall–Kier alpha value is -1.56. The fourth-order valence-electron chi connectivity index (χ4n) is 1.46. The van der Waals surface area contributed by atoms with Gasteiger partial charge in [0.05, 0.1) is 5.69 Å². The molecular formula is C11H20N4O2. The van der Waals surface area contributed by atoms with Crippen LogP contribution in [0, 0.1) is 0 Å². The van der Waals surface area contributed by atoms with Crippen molar-refractivity contribution in [3.8, 4) is 0 Å². The maximum Gasteiger partial charge on any atom is 0.320 e. The van der Waals surface area contributed by atoms with Crippen LogP contribution in [0.15, 0.2) is 6.07 Å². The fourth-order valence-corrected chi connectivity index (χ4v) is 1.46. The van der Waals surface area contributed by atoms with E-state index >= 15 is 0 Å². The minimum Gasteiger partial charge on any atom is -0.396 e. The second-order valence-electron chi connectivity index (χ2n) is 3.85. The van der Waals surface area contributed by atoms with E-state index in [0.29, 0.717) is 18.8 Å². The van der Waals surface area contributed by atoms with Gasteiger partial charge in [-0.05, 0) is 12.8 Å². The molecule has 2 amide bonds. The number of amides is 2. The Morgan fingerprint density at radius 2 is 2.35 bits per heavy atom. The molecule has 0 aromatic carbocycles. The number of carbonyl (C=O) groups excluding carboxylic acids is 1. The number of hydrogen-bond donors (Lipinski definition) is 3. The molecule has 0 saturated heterocycles. The number of hydrogen-bond acceptors (Lipinski definition) is 3. The minimum atomic E-state index is -0.274. The van der Waals surface area contributed by atoms with E-state index in [0.717, 1.165) is 18.5 Å². The molecule has 6 heteroatoms. The molecule has 0 aliphatic heterocycles. The predicted octanol–water partition coefficient (Wildman–Crippen LogP) is 0.876. The number of aromatic nitrogens is 2. The first-order valence-corrected chi connectivity index (χ1v) is 5.86.